The van der Waals surface area contributed by atoms with Crippen LogP contribution in [-0.4, -0.2) is 156 Å². The van der Waals surface area contributed by atoms with E-state index in [1.807, 2.05) is 15.6 Å². The van der Waals surface area contributed by atoms with Crippen molar-refractivity contribution in [2.24, 2.45) is 17.8 Å². The van der Waals surface area contributed by atoms with E-state index in [4.69, 9.17) is 10.2 Å². The van der Waals surface area contributed by atoms with Gasteiger partial charge in [0.25, 0.3) is 0 Å². The van der Waals surface area contributed by atoms with Gasteiger partial charge in [0, 0.05) is 106 Å². The summed E-state index contributed by atoms with van der Waals surface area (Å²) in [6, 6.07) is 15.5. The van der Waals surface area contributed by atoms with E-state index in [1.165, 1.54) is 16.7 Å². The van der Waals surface area contributed by atoms with Crippen molar-refractivity contribution in [2.75, 3.05) is 88.8 Å². The molecule has 10 rings (SSSR count). The molecule has 1 unspecified atom stereocenters. The third-order valence-corrected chi connectivity index (χ3v) is 15.4. The van der Waals surface area contributed by atoms with Crippen LogP contribution in [0.15, 0.2) is 67.3 Å². The van der Waals surface area contributed by atoms with Crippen LogP contribution in [0.2, 0.25) is 0 Å². The first-order valence-corrected chi connectivity index (χ1v) is 25.2. The van der Waals surface area contributed by atoms with E-state index < -0.39 is 0 Å². The van der Waals surface area contributed by atoms with Gasteiger partial charge in [-0.25, -0.2) is 9.36 Å². The maximum Gasteiger partial charge on any atom is 0.225 e. The molecule has 1 atom stereocenters. The van der Waals surface area contributed by atoms with Crippen LogP contribution in [0.5, 0.6) is 0 Å². The Morgan fingerprint density at radius 1 is 0.647 bits per heavy atom. The van der Waals surface area contributed by atoms with Gasteiger partial charge < -0.3 is 29.4 Å². The number of carbonyl (C=O) groups is 2. The molecular formula is C52H68N14O2. The number of benzene rings is 2. The molecule has 16 nitrogen and oxygen atoms in total. The van der Waals surface area contributed by atoms with E-state index >= 15 is 0 Å². The molecule has 4 fully saturated rings. The molecule has 0 spiro atoms. The van der Waals surface area contributed by atoms with E-state index in [0.29, 0.717) is 17.9 Å². The summed E-state index contributed by atoms with van der Waals surface area (Å²) in [5, 5.41) is 29.9. The SMILES string of the molecule is CCN(CC)C1CCN(C(=O)C2CCN(c3nncc4cn(-c5ccc(C)cc5CN(C)CC5CCN(C(=O)C6CCN(c7nncc8cn(-c9ccc(C)cc9)nc78)CC6)C5)nc34)CC2)CC1. The lowest BCUT2D eigenvalue weighted by atomic mass is 9.93. The number of likely N-dealkylation sites (tertiary alicyclic amines) is 2. The molecule has 2 aromatic carbocycles. The summed E-state index contributed by atoms with van der Waals surface area (Å²) in [6.07, 6.45) is 14.0. The quantitative estimate of drug-likeness (QED) is 0.128. The van der Waals surface area contributed by atoms with Gasteiger partial charge in [0.15, 0.2) is 11.6 Å². The Bertz CT molecular complexity index is 2710. The number of aromatic nitrogens is 8. The Labute approximate surface area is 400 Å². The molecular weight excluding hydrogens is 853 g/mol. The molecule has 0 saturated carbocycles. The summed E-state index contributed by atoms with van der Waals surface area (Å²) in [5.41, 5.74) is 7.32. The van der Waals surface area contributed by atoms with Gasteiger partial charge in [0.2, 0.25) is 11.8 Å². The Morgan fingerprint density at radius 2 is 1.19 bits per heavy atom. The van der Waals surface area contributed by atoms with E-state index in [1.54, 1.807) is 12.4 Å². The van der Waals surface area contributed by atoms with Gasteiger partial charge in [0.05, 0.1) is 23.8 Å². The number of amides is 2. The summed E-state index contributed by atoms with van der Waals surface area (Å²) in [4.78, 5) is 41.3. The smallest absolute Gasteiger partial charge is 0.225 e. The second kappa shape index (κ2) is 19.9. The largest absolute Gasteiger partial charge is 0.353 e. The highest BCUT2D eigenvalue weighted by Gasteiger charge is 2.35. The van der Waals surface area contributed by atoms with Crippen LogP contribution in [0.4, 0.5) is 11.6 Å². The zero-order chi connectivity index (χ0) is 46.9. The molecule has 16 heteroatoms. The molecule has 0 N–H and O–H groups in total. The summed E-state index contributed by atoms with van der Waals surface area (Å²) in [7, 11) is 2.19. The number of hydrogen-bond acceptors (Lipinski definition) is 12. The molecule has 4 aliphatic heterocycles. The highest BCUT2D eigenvalue weighted by molar-refractivity contribution is 5.89. The average Bonchev–Trinajstić information content (AvgIpc) is 4.14. The zero-order valence-corrected chi connectivity index (χ0v) is 40.7. The lowest BCUT2D eigenvalue weighted by molar-refractivity contribution is -0.138. The Kier molecular flexibility index (Phi) is 13.4. The van der Waals surface area contributed by atoms with Gasteiger partial charge >= 0.3 is 0 Å². The van der Waals surface area contributed by atoms with Crippen molar-refractivity contribution in [1.82, 2.24) is 59.6 Å². The van der Waals surface area contributed by atoms with Crippen molar-refractivity contribution in [3.8, 4) is 11.4 Å². The lowest BCUT2D eigenvalue weighted by Crippen LogP contribution is -2.49. The summed E-state index contributed by atoms with van der Waals surface area (Å²) < 4.78 is 3.89. The highest BCUT2D eigenvalue weighted by atomic mass is 16.2. The molecule has 68 heavy (non-hydrogen) atoms. The van der Waals surface area contributed by atoms with Gasteiger partial charge in [-0.1, -0.05) is 49.2 Å². The van der Waals surface area contributed by atoms with E-state index in [0.717, 1.165) is 168 Å². The standard InChI is InChI=1S/C52H68N14O2/c1-6-60(7-2)44-19-26-63(27-20-44)51(67)39-15-22-62(23-16-39)50-48-43(30-54-56-50)35-66(58-48)46-13-10-37(4)28-41(46)33-59(5)31-38-14-21-64(32-38)52(68)40-17-24-61(25-18-40)49-47-42(29-53-55-49)34-65(57-47)45-11-8-36(3)9-12-45/h8-13,28-30,34-35,38-40,44H,6-7,14-27,31-33H2,1-5H3. The molecule has 2 amide bonds. The minimum atomic E-state index is 0.0113. The van der Waals surface area contributed by atoms with Crippen molar-refractivity contribution >= 4 is 45.3 Å². The average molecular weight is 921 g/mol. The lowest BCUT2D eigenvalue weighted by Gasteiger charge is -2.40. The van der Waals surface area contributed by atoms with Crippen LogP contribution in [0.1, 0.15) is 75.5 Å². The molecule has 0 radical (unpaired) electrons. The van der Waals surface area contributed by atoms with E-state index in [9.17, 15) is 9.59 Å². The van der Waals surface area contributed by atoms with Crippen LogP contribution < -0.4 is 9.80 Å². The second-order valence-electron chi connectivity index (χ2n) is 20.0. The number of anilines is 2. The summed E-state index contributed by atoms with van der Waals surface area (Å²) >= 11 is 0. The van der Waals surface area contributed by atoms with E-state index in [2.05, 4.69) is 133 Å². The number of aryl methyl sites for hydroxylation is 2. The number of nitrogens with zero attached hydrogens (tertiary/aromatic N) is 14. The number of piperidine rings is 3. The number of rotatable bonds is 13. The first-order valence-electron chi connectivity index (χ1n) is 25.2. The minimum Gasteiger partial charge on any atom is -0.353 e. The molecule has 4 aliphatic rings. The molecule has 8 heterocycles. The first kappa shape index (κ1) is 45.8. The van der Waals surface area contributed by atoms with Gasteiger partial charge in [-0.3, -0.25) is 9.59 Å². The van der Waals surface area contributed by atoms with Gasteiger partial charge in [0.1, 0.15) is 11.0 Å². The zero-order valence-electron chi connectivity index (χ0n) is 40.7. The van der Waals surface area contributed by atoms with Crippen LogP contribution in [0.25, 0.3) is 33.2 Å². The molecule has 358 valence electrons. The fourth-order valence-electron chi connectivity index (χ4n) is 11.5. The van der Waals surface area contributed by atoms with Crippen molar-refractivity contribution in [3.05, 3.63) is 83.9 Å². The van der Waals surface area contributed by atoms with Crippen LogP contribution in [0.3, 0.4) is 0 Å². The summed E-state index contributed by atoms with van der Waals surface area (Å²) in [5.74, 6) is 2.66. The predicted octanol–water partition coefficient (Wildman–Crippen LogP) is 6.31. The Balaban J connectivity index is 0.728. The van der Waals surface area contributed by atoms with Crippen molar-refractivity contribution in [1.29, 1.82) is 0 Å². The van der Waals surface area contributed by atoms with Crippen molar-refractivity contribution in [3.63, 3.8) is 0 Å². The molecule has 0 bridgehead atoms. The summed E-state index contributed by atoms with van der Waals surface area (Å²) in [6.45, 7) is 18.8. The van der Waals surface area contributed by atoms with E-state index in [-0.39, 0.29) is 17.7 Å². The van der Waals surface area contributed by atoms with Crippen molar-refractivity contribution in [2.45, 2.75) is 85.2 Å². The Hall–Kier alpha value is -6.00. The maximum absolute atomic E-state index is 14.0. The Morgan fingerprint density at radius 3 is 1.79 bits per heavy atom. The third-order valence-electron chi connectivity index (χ3n) is 15.4. The van der Waals surface area contributed by atoms with Crippen LogP contribution in [-0.2, 0) is 16.1 Å². The normalized spacial score (nSPS) is 19.1. The monoisotopic (exact) mass is 921 g/mol. The molecule has 4 saturated heterocycles. The van der Waals surface area contributed by atoms with Gasteiger partial charge in [-0.2, -0.15) is 20.4 Å². The topological polar surface area (TPSA) is 141 Å². The maximum atomic E-state index is 14.0. The number of carbonyl (C=O) groups excluding carboxylic acids is 2. The second-order valence-corrected chi connectivity index (χ2v) is 20.0. The van der Waals surface area contributed by atoms with Crippen LogP contribution >= 0.6 is 0 Å². The first-order chi connectivity index (χ1) is 33.1. The molecule has 0 aliphatic carbocycles. The fraction of sp³-hybridized carbons (Fsp3) is 0.538. The van der Waals surface area contributed by atoms with Gasteiger partial charge in [-0.15, -0.1) is 10.2 Å². The highest BCUT2D eigenvalue weighted by Crippen LogP contribution is 2.33. The number of fused-ring (bicyclic) bond motifs is 2. The number of hydrogen-bond donors (Lipinski definition) is 0. The third kappa shape index (κ3) is 9.54. The predicted molar refractivity (Wildman–Crippen MR) is 266 cm³/mol. The van der Waals surface area contributed by atoms with Crippen LogP contribution in [0, 0.1) is 31.6 Å². The molecule has 6 aromatic rings. The molecule has 4 aromatic heterocycles. The fourth-order valence-corrected chi connectivity index (χ4v) is 11.5. The van der Waals surface area contributed by atoms with Crippen molar-refractivity contribution < 1.29 is 9.59 Å². The van der Waals surface area contributed by atoms with Gasteiger partial charge in [-0.05, 0) is 109 Å². The minimum absolute atomic E-state index is 0.0113.